The maximum atomic E-state index is 12.9. The molecule has 9 heteroatoms. The lowest BCUT2D eigenvalue weighted by Gasteiger charge is -2.15. The van der Waals surface area contributed by atoms with Crippen LogP contribution in [0.2, 0.25) is 5.02 Å². The van der Waals surface area contributed by atoms with E-state index in [2.05, 4.69) is 12.0 Å². The van der Waals surface area contributed by atoms with Crippen molar-refractivity contribution in [2.75, 3.05) is 14.2 Å². The Bertz CT molecular complexity index is 1080. The van der Waals surface area contributed by atoms with Gasteiger partial charge in [0.05, 0.1) is 19.1 Å². The first-order valence-electron chi connectivity index (χ1n) is 9.08. The van der Waals surface area contributed by atoms with Crippen LogP contribution in [-0.4, -0.2) is 35.4 Å². The number of halogens is 1. The molecule has 0 radical (unpaired) electrons. The number of hydrazine groups is 1. The van der Waals surface area contributed by atoms with Crippen molar-refractivity contribution in [3.8, 4) is 11.5 Å². The van der Waals surface area contributed by atoms with Crippen LogP contribution in [0.3, 0.4) is 0 Å². The standard InChI is InChI=1S/C22H19ClN2O4S2/c1-4-5-15-10-13(11-17(28-2)19(15)29-3)12-18-21(27)25(22(30)31-18)24-20(26)14-6-8-16(23)9-7-14/h4,6-12H,1,5H2,2-3H3,(H,24,26)/b18-12-. The van der Waals surface area contributed by atoms with Gasteiger partial charge in [0.15, 0.2) is 15.8 Å². The van der Waals surface area contributed by atoms with Gasteiger partial charge in [-0.05, 0) is 66.7 Å². The minimum Gasteiger partial charge on any atom is -0.493 e. The number of hydrogen-bond donors (Lipinski definition) is 1. The minimum absolute atomic E-state index is 0.227. The monoisotopic (exact) mass is 474 g/mol. The van der Waals surface area contributed by atoms with E-state index in [0.717, 1.165) is 27.9 Å². The van der Waals surface area contributed by atoms with Gasteiger partial charge in [-0.15, -0.1) is 6.58 Å². The summed E-state index contributed by atoms with van der Waals surface area (Å²) in [6.45, 7) is 3.77. The Morgan fingerprint density at radius 2 is 1.97 bits per heavy atom. The van der Waals surface area contributed by atoms with E-state index >= 15 is 0 Å². The summed E-state index contributed by atoms with van der Waals surface area (Å²) in [4.78, 5) is 25.7. The summed E-state index contributed by atoms with van der Waals surface area (Å²) >= 11 is 12.2. The fraction of sp³-hybridized carbons (Fsp3) is 0.136. The predicted molar refractivity (Wildman–Crippen MR) is 127 cm³/mol. The van der Waals surface area contributed by atoms with Gasteiger partial charge in [-0.3, -0.25) is 15.0 Å². The molecule has 0 saturated carbocycles. The Morgan fingerprint density at radius 3 is 2.58 bits per heavy atom. The molecule has 1 aliphatic rings. The number of ether oxygens (including phenoxy) is 2. The molecule has 1 aliphatic heterocycles. The van der Waals surface area contributed by atoms with Crippen LogP contribution in [0.4, 0.5) is 0 Å². The number of amides is 2. The van der Waals surface area contributed by atoms with Gasteiger partial charge in [-0.2, -0.15) is 5.01 Å². The summed E-state index contributed by atoms with van der Waals surface area (Å²) < 4.78 is 11.1. The quantitative estimate of drug-likeness (QED) is 0.358. The van der Waals surface area contributed by atoms with E-state index in [9.17, 15) is 9.59 Å². The number of carbonyl (C=O) groups is 2. The molecule has 160 valence electrons. The van der Waals surface area contributed by atoms with Crippen molar-refractivity contribution in [1.82, 2.24) is 10.4 Å². The van der Waals surface area contributed by atoms with Crippen molar-refractivity contribution in [2.45, 2.75) is 6.42 Å². The number of methoxy groups -OCH3 is 2. The zero-order chi connectivity index (χ0) is 22.5. The van der Waals surface area contributed by atoms with E-state index in [0.29, 0.717) is 33.4 Å². The summed E-state index contributed by atoms with van der Waals surface area (Å²) in [6.07, 6.45) is 4.02. The van der Waals surface area contributed by atoms with Crippen LogP contribution >= 0.6 is 35.6 Å². The third kappa shape index (κ3) is 5.10. The van der Waals surface area contributed by atoms with Crippen molar-refractivity contribution in [3.05, 3.63) is 75.7 Å². The van der Waals surface area contributed by atoms with Gasteiger partial charge in [0.25, 0.3) is 11.8 Å². The largest absolute Gasteiger partial charge is 0.493 e. The second-order valence-electron chi connectivity index (χ2n) is 6.37. The molecular formula is C22H19ClN2O4S2. The van der Waals surface area contributed by atoms with Crippen molar-refractivity contribution < 1.29 is 19.1 Å². The summed E-state index contributed by atoms with van der Waals surface area (Å²) in [5.41, 5.74) is 4.51. The number of benzene rings is 2. The average molecular weight is 475 g/mol. The third-order valence-corrected chi connectivity index (χ3v) is 5.91. The molecule has 0 atom stereocenters. The maximum absolute atomic E-state index is 12.9. The van der Waals surface area contributed by atoms with Crippen molar-refractivity contribution in [2.24, 2.45) is 0 Å². The average Bonchev–Trinajstić information content (AvgIpc) is 3.01. The first-order chi connectivity index (χ1) is 14.9. The lowest BCUT2D eigenvalue weighted by Crippen LogP contribution is -2.44. The topological polar surface area (TPSA) is 67.9 Å². The molecule has 2 aromatic carbocycles. The van der Waals surface area contributed by atoms with Gasteiger partial charge in [-0.1, -0.05) is 29.4 Å². The predicted octanol–water partition coefficient (Wildman–Crippen LogP) is 4.63. The molecule has 3 rings (SSSR count). The third-order valence-electron chi connectivity index (χ3n) is 4.35. The Hall–Kier alpha value is -2.81. The highest BCUT2D eigenvalue weighted by Gasteiger charge is 2.34. The molecule has 6 nitrogen and oxygen atoms in total. The molecule has 2 aromatic rings. The summed E-state index contributed by atoms with van der Waals surface area (Å²) in [5.74, 6) is 0.271. The summed E-state index contributed by atoms with van der Waals surface area (Å²) in [6, 6.07) is 9.98. The zero-order valence-corrected chi connectivity index (χ0v) is 19.2. The molecular weight excluding hydrogens is 456 g/mol. The Morgan fingerprint density at radius 1 is 1.26 bits per heavy atom. The molecule has 1 N–H and O–H groups in total. The molecule has 0 bridgehead atoms. The van der Waals surface area contributed by atoms with Crippen LogP contribution in [0.5, 0.6) is 11.5 Å². The number of thiocarbonyl (C=S) groups is 1. The highest BCUT2D eigenvalue weighted by molar-refractivity contribution is 8.26. The van der Waals surface area contributed by atoms with E-state index in [1.54, 1.807) is 56.7 Å². The SMILES string of the molecule is C=CCc1cc(/C=C2\SC(=S)N(NC(=O)c3ccc(Cl)cc3)C2=O)cc(OC)c1OC. The molecule has 0 aromatic heterocycles. The molecule has 1 saturated heterocycles. The molecule has 1 fully saturated rings. The maximum Gasteiger partial charge on any atom is 0.285 e. The number of thioether (sulfide) groups is 1. The molecule has 0 unspecified atom stereocenters. The number of allylic oxidation sites excluding steroid dienone is 1. The summed E-state index contributed by atoms with van der Waals surface area (Å²) in [5, 5.41) is 1.57. The number of hydrogen-bond acceptors (Lipinski definition) is 6. The zero-order valence-electron chi connectivity index (χ0n) is 16.8. The van der Waals surface area contributed by atoms with Gasteiger partial charge < -0.3 is 9.47 Å². The highest BCUT2D eigenvalue weighted by atomic mass is 35.5. The molecule has 0 spiro atoms. The van der Waals surface area contributed by atoms with E-state index in [-0.39, 0.29) is 4.32 Å². The first-order valence-corrected chi connectivity index (χ1v) is 10.7. The lowest BCUT2D eigenvalue weighted by atomic mass is 10.0. The fourth-order valence-corrected chi connectivity index (χ4v) is 4.25. The second kappa shape index (κ2) is 10.00. The van der Waals surface area contributed by atoms with Crippen molar-refractivity contribution in [1.29, 1.82) is 0 Å². The van der Waals surface area contributed by atoms with Gasteiger partial charge in [0.2, 0.25) is 0 Å². The molecule has 1 heterocycles. The number of rotatable bonds is 7. The van der Waals surface area contributed by atoms with Gasteiger partial charge in [0, 0.05) is 16.1 Å². The first kappa shape index (κ1) is 22.9. The molecule has 2 amide bonds. The number of nitrogens with zero attached hydrogens (tertiary/aromatic N) is 1. The van der Waals surface area contributed by atoms with E-state index in [4.69, 9.17) is 33.3 Å². The van der Waals surface area contributed by atoms with E-state index < -0.39 is 11.8 Å². The van der Waals surface area contributed by atoms with Crippen LogP contribution in [0.25, 0.3) is 6.08 Å². The molecule has 31 heavy (non-hydrogen) atoms. The normalized spacial score (nSPS) is 14.7. The van der Waals surface area contributed by atoms with Crippen LogP contribution in [0.15, 0.2) is 54.0 Å². The number of nitrogens with one attached hydrogen (secondary N) is 1. The minimum atomic E-state index is -0.464. The fourth-order valence-electron chi connectivity index (χ4n) is 2.94. The highest BCUT2D eigenvalue weighted by Crippen LogP contribution is 2.36. The van der Waals surface area contributed by atoms with Gasteiger partial charge >= 0.3 is 0 Å². The van der Waals surface area contributed by atoms with E-state index in [1.165, 1.54) is 0 Å². The second-order valence-corrected chi connectivity index (χ2v) is 8.49. The lowest BCUT2D eigenvalue weighted by molar-refractivity contribution is -0.123. The van der Waals surface area contributed by atoms with Crippen LogP contribution < -0.4 is 14.9 Å². The smallest absolute Gasteiger partial charge is 0.285 e. The van der Waals surface area contributed by atoms with Gasteiger partial charge in [-0.25, -0.2) is 0 Å². The van der Waals surface area contributed by atoms with Gasteiger partial charge in [0.1, 0.15) is 0 Å². The Balaban J connectivity index is 1.86. The van der Waals surface area contributed by atoms with Crippen molar-refractivity contribution in [3.63, 3.8) is 0 Å². The van der Waals surface area contributed by atoms with Crippen molar-refractivity contribution >= 4 is 57.8 Å². The number of carbonyl (C=O) groups excluding carboxylic acids is 2. The summed E-state index contributed by atoms with van der Waals surface area (Å²) in [7, 11) is 3.11. The Labute approximate surface area is 194 Å². The van der Waals surface area contributed by atoms with Crippen LogP contribution in [0, 0.1) is 0 Å². The molecule has 0 aliphatic carbocycles. The van der Waals surface area contributed by atoms with Crippen LogP contribution in [0.1, 0.15) is 21.5 Å². The Kier molecular flexibility index (Phi) is 7.37. The van der Waals surface area contributed by atoms with E-state index in [1.807, 2.05) is 6.07 Å². The van der Waals surface area contributed by atoms with Crippen LogP contribution in [-0.2, 0) is 11.2 Å².